The van der Waals surface area contributed by atoms with E-state index in [0.29, 0.717) is 12.2 Å². The number of carbonyl (C=O) groups excluding carboxylic acids is 2. The lowest BCUT2D eigenvalue weighted by Gasteiger charge is -2.13. The zero-order valence-corrected chi connectivity index (χ0v) is 16.1. The highest BCUT2D eigenvalue weighted by atomic mass is 16.1. The highest BCUT2D eigenvalue weighted by Crippen LogP contribution is 2.20. The number of carbonyl (C=O) groups is 2. The van der Waals surface area contributed by atoms with Crippen LogP contribution in [0.15, 0.2) is 0 Å². The number of hydrogen-bond acceptors (Lipinski definition) is 3. The molecule has 24 heavy (non-hydrogen) atoms. The largest absolute Gasteiger partial charge is 0.330 e. The summed E-state index contributed by atoms with van der Waals surface area (Å²) in [7, 11) is 0. The molecule has 0 rings (SSSR count). The van der Waals surface area contributed by atoms with Gasteiger partial charge in [0.1, 0.15) is 12.1 Å². The fourth-order valence-corrected chi connectivity index (χ4v) is 3.30. The Kier molecular flexibility index (Phi) is 18.1. The highest BCUT2D eigenvalue weighted by molar-refractivity contribution is 5.78. The number of rotatable bonds is 19. The van der Waals surface area contributed by atoms with Crippen LogP contribution in [0.1, 0.15) is 110 Å². The Bertz CT molecular complexity index is 292. The molecule has 0 aliphatic rings. The van der Waals surface area contributed by atoms with Crippen LogP contribution in [-0.2, 0) is 9.59 Å². The molecule has 0 radical (unpaired) electrons. The molecule has 0 amide bonds. The van der Waals surface area contributed by atoms with Crippen molar-refractivity contribution in [1.82, 2.24) is 0 Å². The maximum Gasteiger partial charge on any atom is 0.132 e. The third kappa shape index (κ3) is 16.2. The van der Waals surface area contributed by atoms with Crippen LogP contribution in [0, 0.1) is 5.92 Å². The van der Waals surface area contributed by atoms with E-state index in [1.165, 1.54) is 57.8 Å². The maximum absolute atomic E-state index is 11.8. The number of aldehydes is 1. The summed E-state index contributed by atoms with van der Waals surface area (Å²) in [4.78, 5) is 22.0. The topological polar surface area (TPSA) is 60.2 Å². The minimum Gasteiger partial charge on any atom is -0.330 e. The number of hydrogen-bond donors (Lipinski definition) is 1. The molecule has 3 heteroatoms. The minimum atomic E-state index is 0.282. The van der Waals surface area contributed by atoms with E-state index in [4.69, 9.17) is 5.73 Å². The van der Waals surface area contributed by atoms with Crippen molar-refractivity contribution in [3.63, 3.8) is 0 Å². The first-order chi connectivity index (χ1) is 11.7. The molecule has 0 heterocycles. The Hall–Kier alpha value is -0.700. The van der Waals surface area contributed by atoms with Gasteiger partial charge >= 0.3 is 0 Å². The molecule has 3 nitrogen and oxygen atoms in total. The number of nitrogens with two attached hydrogens (primary N) is 1. The Morgan fingerprint density at radius 1 is 0.750 bits per heavy atom. The summed E-state index contributed by atoms with van der Waals surface area (Å²) < 4.78 is 0. The van der Waals surface area contributed by atoms with Gasteiger partial charge in [-0.2, -0.15) is 0 Å². The first-order valence-corrected chi connectivity index (χ1v) is 10.4. The van der Waals surface area contributed by atoms with E-state index in [1.54, 1.807) is 6.92 Å². The lowest BCUT2D eigenvalue weighted by Crippen LogP contribution is -2.10. The minimum absolute atomic E-state index is 0.282. The van der Waals surface area contributed by atoms with Crippen LogP contribution in [0.5, 0.6) is 0 Å². The van der Waals surface area contributed by atoms with Gasteiger partial charge in [0.2, 0.25) is 0 Å². The normalized spacial score (nSPS) is 12.2. The lowest BCUT2D eigenvalue weighted by atomic mass is 9.91. The lowest BCUT2D eigenvalue weighted by molar-refractivity contribution is -0.121. The van der Waals surface area contributed by atoms with Crippen molar-refractivity contribution in [3.8, 4) is 0 Å². The van der Waals surface area contributed by atoms with Crippen LogP contribution in [0.4, 0.5) is 0 Å². The first kappa shape index (κ1) is 23.3. The quantitative estimate of drug-likeness (QED) is 0.246. The Morgan fingerprint density at radius 2 is 1.17 bits per heavy atom. The first-order valence-electron chi connectivity index (χ1n) is 10.4. The Balaban J connectivity index is 3.50. The molecule has 1 unspecified atom stereocenters. The van der Waals surface area contributed by atoms with E-state index < -0.39 is 0 Å². The zero-order valence-electron chi connectivity index (χ0n) is 16.1. The second-order valence-electron chi connectivity index (χ2n) is 7.23. The average Bonchev–Trinajstić information content (AvgIpc) is 2.57. The molecule has 0 saturated carbocycles. The summed E-state index contributed by atoms with van der Waals surface area (Å²) in [5.41, 5.74) is 5.49. The van der Waals surface area contributed by atoms with Gasteiger partial charge in [0, 0.05) is 12.3 Å². The molecule has 0 fully saturated rings. The van der Waals surface area contributed by atoms with Gasteiger partial charge < -0.3 is 10.5 Å². The van der Waals surface area contributed by atoms with Gasteiger partial charge in [0.15, 0.2) is 0 Å². The van der Waals surface area contributed by atoms with Crippen molar-refractivity contribution in [2.24, 2.45) is 11.7 Å². The van der Waals surface area contributed by atoms with Crippen molar-refractivity contribution in [2.45, 2.75) is 110 Å². The van der Waals surface area contributed by atoms with E-state index in [-0.39, 0.29) is 5.92 Å². The van der Waals surface area contributed by atoms with Crippen LogP contribution < -0.4 is 5.73 Å². The summed E-state index contributed by atoms with van der Waals surface area (Å²) in [6.07, 6.45) is 19.8. The summed E-state index contributed by atoms with van der Waals surface area (Å²) in [6.45, 7) is 2.58. The fourth-order valence-electron chi connectivity index (χ4n) is 3.30. The SMILES string of the molecule is CC(=O)C(CCCCCCCC=O)CCCCCCCCCCN. The molecule has 0 bridgehead atoms. The zero-order chi connectivity index (χ0) is 17.9. The molecular formula is C21H41NO2. The van der Waals surface area contributed by atoms with Crippen LogP contribution in [-0.4, -0.2) is 18.6 Å². The molecule has 1 atom stereocenters. The van der Waals surface area contributed by atoms with Gasteiger partial charge in [0.25, 0.3) is 0 Å². The third-order valence-corrected chi connectivity index (χ3v) is 4.96. The van der Waals surface area contributed by atoms with Crippen LogP contribution in [0.25, 0.3) is 0 Å². The van der Waals surface area contributed by atoms with Crippen molar-refractivity contribution in [1.29, 1.82) is 0 Å². The monoisotopic (exact) mass is 339 g/mol. The molecule has 0 saturated heterocycles. The average molecular weight is 340 g/mol. The van der Waals surface area contributed by atoms with Crippen molar-refractivity contribution >= 4 is 12.1 Å². The summed E-state index contributed by atoms with van der Waals surface area (Å²) in [5.74, 6) is 0.655. The smallest absolute Gasteiger partial charge is 0.132 e. The third-order valence-electron chi connectivity index (χ3n) is 4.96. The molecule has 0 aliphatic heterocycles. The number of ketones is 1. The fraction of sp³-hybridized carbons (Fsp3) is 0.905. The van der Waals surface area contributed by atoms with Crippen LogP contribution >= 0.6 is 0 Å². The van der Waals surface area contributed by atoms with E-state index in [1.807, 2.05) is 0 Å². The predicted molar refractivity (Wildman–Crippen MR) is 103 cm³/mol. The van der Waals surface area contributed by atoms with Crippen molar-refractivity contribution < 1.29 is 9.59 Å². The molecule has 2 N–H and O–H groups in total. The second-order valence-corrected chi connectivity index (χ2v) is 7.23. The molecule has 0 spiro atoms. The van der Waals surface area contributed by atoms with Crippen LogP contribution in [0.2, 0.25) is 0 Å². The van der Waals surface area contributed by atoms with Gasteiger partial charge in [-0.15, -0.1) is 0 Å². The van der Waals surface area contributed by atoms with E-state index in [2.05, 4.69) is 0 Å². The van der Waals surface area contributed by atoms with Gasteiger partial charge in [-0.1, -0.05) is 70.6 Å². The summed E-state index contributed by atoms with van der Waals surface area (Å²) in [5, 5.41) is 0. The number of unbranched alkanes of at least 4 members (excludes halogenated alkanes) is 12. The molecule has 0 aliphatic carbocycles. The molecule has 0 aromatic carbocycles. The number of Topliss-reactive ketones (excluding diaryl/α,β-unsaturated/α-hetero) is 1. The van der Waals surface area contributed by atoms with E-state index in [9.17, 15) is 9.59 Å². The Labute approximate surface area is 150 Å². The van der Waals surface area contributed by atoms with E-state index >= 15 is 0 Å². The summed E-state index contributed by atoms with van der Waals surface area (Å²) >= 11 is 0. The second kappa shape index (κ2) is 18.6. The van der Waals surface area contributed by atoms with Gasteiger partial charge in [-0.25, -0.2) is 0 Å². The van der Waals surface area contributed by atoms with Gasteiger partial charge in [-0.05, 0) is 39.2 Å². The van der Waals surface area contributed by atoms with E-state index in [0.717, 1.165) is 51.4 Å². The standard InChI is InChI=1S/C21H41NO2/c1-20(24)21(17-13-9-5-7-11-15-19-23)16-12-8-4-2-3-6-10-14-18-22/h19,21H,2-18,22H2,1H3. The maximum atomic E-state index is 11.8. The molecule has 0 aromatic heterocycles. The molecule has 142 valence electrons. The van der Waals surface area contributed by atoms with Gasteiger partial charge in [-0.3, -0.25) is 4.79 Å². The predicted octanol–water partition coefficient (Wildman–Crippen LogP) is 5.59. The van der Waals surface area contributed by atoms with Crippen molar-refractivity contribution in [3.05, 3.63) is 0 Å². The van der Waals surface area contributed by atoms with Crippen LogP contribution in [0.3, 0.4) is 0 Å². The van der Waals surface area contributed by atoms with Gasteiger partial charge in [0.05, 0.1) is 0 Å². The molecular weight excluding hydrogens is 298 g/mol. The molecule has 0 aromatic rings. The van der Waals surface area contributed by atoms with Crippen molar-refractivity contribution in [2.75, 3.05) is 6.54 Å². The Morgan fingerprint density at radius 3 is 1.58 bits per heavy atom. The highest BCUT2D eigenvalue weighted by Gasteiger charge is 2.13. The summed E-state index contributed by atoms with van der Waals surface area (Å²) in [6, 6.07) is 0.